The highest BCUT2D eigenvalue weighted by Gasteiger charge is 2.29. The molecular weight excluding hydrogens is 344 g/mol. The molecule has 0 spiro atoms. The number of carbonyl (C=O) groups is 1. The minimum absolute atomic E-state index is 0.170. The van der Waals surface area contributed by atoms with E-state index in [-0.39, 0.29) is 23.2 Å². The minimum atomic E-state index is -0.926. The summed E-state index contributed by atoms with van der Waals surface area (Å²) in [5.74, 6) is -2.48. The summed E-state index contributed by atoms with van der Waals surface area (Å²) in [5, 5.41) is 16.9. The van der Waals surface area contributed by atoms with E-state index < -0.39 is 22.5 Å². The summed E-state index contributed by atoms with van der Waals surface area (Å²) < 4.78 is 26.8. The molecular formula is C18H17F2N3O3. The zero-order valence-corrected chi connectivity index (χ0v) is 13.7. The number of piperidine rings is 1. The fourth-order valence-electron chi connectivity index (χ4n) is 3.16. The summed E-state index contributed by atoms with van der Waals surface area (Å²) in [6.45, 7) is 1.15. The second kappa shape index (κ2) is 7.57. The van der Waals surface area contributed by atoms with Crippen LogP contribution in [0.25, 0.3) is 0 Å². The van der Waals surface area contributed by atoms with Crippen molar-refractivity contribution >= 4 is 11.6 Å². The van der Waals surface area contributed by atoms with Crippen molar-refractivity contribution in [3.8, 4) is 0 Å². The lowest BCUT2D eigenvalue weighted by molar-refractivity contribution is -0.384. The van der Waals surface area contributed by atoms with Crippen molar-refractivity contribution in [3.63, 3.8) is 0 Å². The summed E-state index contributed by atoms with van der Waals surface area (Å²) >= 11 is 0. The lowest BCUT2D eigenvalue weighted by atomic mass is 9.85. The molecule has 8 heteroatoms. The molecule has 2 N–H and O–H groups in total. The van der Waals surface area contributed by atoms with Crippen LogP contribution in [0.5, 0.6) is 0 Å². The van der Waals surface area contributed by atoms with Crippen LogP contribution in [0, 0.1) is 21.7 Å². The first-order valence-electron chi connectivity index (χ1n) is 8.16. The van der Waals surface area contributed by atoms with Gasteiger partial charge in [0.1, 0.15) is 0 Å². The van der Waals surface area contributed by atoms with Gasteiger partial charge in [-0.1, -0.05) is 12.1 Å². The third kappa shape index (κ3) is 3.85. The largest absolute Gasteiger partial charge is 0.347 e. The Bertz CT molecular complexity index is 844. The number of nitro benzene ring substituents is 1. The molecule has 1 aliphatic rings. The van der Waals surface area contributed by atoms with Gasteiger partial charge in [-0.15, -0.1) is 0 Å². The second-order valence-corrected chi connectivity index (χ2v) is 6.16. The number of nitrogens with one attached hydrogen (secondary N) is 2. The molecule has 3 rings (SSSR count). The standard InChI is InChI=1S/C18H17F2N3O3/c19-15-5-4-11(9-16(15)20)14-6-7-21-10-17(14)22-18(24)12-2-1-3-13(8-12)23(25)26/h1-5,8-9,14,17,21H,6-7,10H2,(H,22,24). The lowest BCUT2D eigenvalue weighted by Gasteiger charge is -2.33. The smallest absolute Gasteiger partial charge is 0.270 e. The van der Waals surface area contributed by atoms with Crippen molar-refractivity contribution in [3.05, 3.63) is 75.3 Å². The molecule has 1 amide bonds. The summed E-state index contributed by atoms with van der Waals surface area (Å²) in [6.07, 6.45) is 0.644. The van der Waals surface area contributed by atoms with E-state index in [0.717, 1.165) is 12.1 Å². The van der Waals surface area contributed by atoms with Gasteiger partial charge < -0.3 is 10.6 Å². The van der Waals surface area contributed by atoms with Crippen LogP contribution in [0.15, 0.2) is 42.5 Å². The number of carbonyl (C=O) groups excluding carboxylic acids is 1. The van der Waals surface area contributed by atoms with Crippen molar-refractivity contribution in [2.75, 3.05) is 13.1 Å². The molecule has 6 nitrogen and oxygen atoms in total. The Morgan fingerprint density at radius 1 is 1.19 bits per heavy atom. The van der Waals surface area contributed by atoms with Crippen molar-refractivity contribution < 1.29 is 18.5 Å². The minimum Gasteiger partial charge on any atom is -0.347 e. The molecule has 1 heterocycles. The summed E-state index contributed by atoms with van der Waals surface area (Å²) in [7, 11) is 0. The Morgan fingerprint density at radius 2 is 2.00 bits per heavy atom. The topological polar surface area (TPSA) is 84.3 Å². The first-order chi connectivity index (χ1) is 12.5. The van der Waals surface area contributed by atoms with Crippen LogP contribution in [-0.2, 0) is 0 Å². The molecule has 26 heavy (non-hydrogen) atoms. The maximum Gasteiger partial charge on any atom is 0.270 e. The average Bonchev–Trinajstić information content (AvgIpc) is 2.64. The third-order valence-corrected chi connectivity index (χ3v) is 4.49. The summed E-state index contributed by atoms with van der Waals surface area (Å²) in [6, 6.07) is 8.84. The van der Waals surface area contributed by atoms with Crippen LogP contribution in [0.3, 0.4) is 0 Å². The number of halogens is 2. The molecule has 0 aromatic heterocycles. The SMILES string of the molecule is O=C(NC1CNCCC1c1ccc(F)c(F)c1)c1cccc([N+](=O)[O-])c1. The highest BCUT2D eigenvalue weighted by Crippen LogP contribution is 2.27. The normalized spacial score (nSPS) is 19.8. The van der Waals surface area contributed by atoms with Gasteiger partial charge in [-0.05, 0) is 36.7 Å². The van der Waals surface area contributed by atoms with Crippen LogP contribution >= 0.6 is 0 Å². The Kier molecular flexibility index (Phi) is 5.22. The first kappa shape index (κ1) is 17.9. The summed E-state index contributed by atoms with van der Waals surface area (Å²) in [4.78, 5) is 22.8. The van der Waals surface area contributed by atoms with Crippen molar-refractivity contribution in [2.24, 2.45) is 0 Å². The van der Waals surface area contributed by atoms with E-state index in [1.54, 1.807) is 0 Å². The number of non-ortho nitro benzene ring substituents is 1. The monoisotopic (exact) mass is 361 g/mol. The van der Waals surface area contributed by atoms with Crippen LogP contribution in [0.4, 0.5) is 14.5 Å². The molecule has 0 radical (unpaired) electrons. The lowest BCUT2D eigenvalue weighted by Crippen LogP contribution is -2.50. The molecule has 1 fully saturated rings. The zero-order valence-electron chi connectivity index (χ0n) is 13.7. The Labute approximate surface area is 148 Å². The van der Waals surface area contributed by atoms with Gasteiger partial charge in [0, 0.05) is 36.2 Å². The first-order valence-corrected chi connectivity index (χ1v) is 8.16. The molecule has 2 atom stereocenters. The van der Waals surface area contributed by atoms with Gasteiger partial charge in [0.2, 0.25) is 0 Å². The Hall–Kier alpha value is -2.87. The van der Waals surface area contributed by atoms with Gasteiger partial charge >= 0.3 is 0 Å². The highest BCUT2D eigenvalue weighted by atomic mass is 19.2. The fourth-order valence-corrected chi connectivity index (χ4v) is 3.16. The van der Waals surface area contributed by atoms with Gasteiger partial charge in [0.15, 0.2) is 11.6 Å². The van der Waals surface area contributed by atoms with Crippen LogP contribution in [-0.4, -0.2) is 30.0 Å². The zero-order chi connectivity index (χ0) is 18.7. The van der Waals surface area contributed by atoms with E-state index >= 15 is 0 Å². The molecule has 136 valence electrons. The quantitative estimate of drug-likeness (QED) is 0.648. The van der Waals surface area contributed by atoms with Crippen molar-refractivity contribution in [1.82, 2.24) is 10.6 Å². The van der Waals surface area contributed by atoms with Gasteiger partial charge in [0.05, 0.1) is 4.92 Å². The number of hydrogen-bond donors (Lipinski definition) is 2. The predicted octanol–water partition coefficient (Wildman–Crippen LogP) is 2.75. The van der Waals surface area contributed by atoms with Gasteiger partial charge in [-0.3, -0.25) is 14.9 Å². The van der Waals surface area contributed by atoms with E-state index in [0.29, 0.717) is 25.1 Å². The van der Waals surface area contributed by atoms with Gasteiger partial charge in [0.25, 0.3) is 11.6 Å². The second-order valence-electron chi connectivity index (χ2n) is 6.16. The maximum absolute atomic E-state index is 13.6. The van der Waals surface area contributed by atoms with Crippen molar-refractivity contribution in [2.45, 2.75) is 18.4 Å². The van der Waals surface area contributed by atoms with E-state index in [4.69, 9.17) is 0 Å². The number of rotatable bonds is 4. The maximum atomic E-state index is 13.6. The molecule has 2 aromatic carbocycles. The molecule has 1 aliphatic heterocycles. The molecule has 0 aliphatic carbocycles. The van der Waals surface area contributed by atoms with E-state index in [1.165, 1.54) is 30.3 Å². The molecule has 2 aromatic rings. The average molecular weight is 361 g/mol. The van der Waals surface area contributed by atoms with Crippen LogP contribution in [0.2, 0.25) is 0 Å². The number of nitro groups is 1. The Balaban J connectivity index is 1.80. The van der Waals surface area contributed by atoms with Gasteiger partial charge in [-0.25, -0.2) is 8.78 Å². The summed E-state index contributed by atoms with van der Waals surface area (Å²) in [5.41, 5.74) is 0.611. The highest BCUT2D eigenvalue weighted by molar-refractivity contribution is 5.95. The molecule has 1 saturated heterocycles. The van der Waals surface area contributed by atoms with E-state index in [2.05, 4.69) is 10.6 Å². The number of nitrogens with zero attached hydrogens (tertiary/aromatic N) is 1. The van der Waals surface area contributed by atoms with Gasteiger partial charge in [-0.2, -0.15) is 0 Å². The van der Waals surface area contributed by atoms with Crippen LogP contribution in [0.1, 0.15) is 28.3 Å². The molecule has 0 bridgehead atoms. The number of hydrogen-bond acceptors (Lipinski definition) is 4. The van der Waals surface area contributed by atoms with E-state index in [1.807, 2.05) is 0 Å². The Morgan fingerprint density at radius 3 is 2.73 bits per heavy atom. The number of benzene rings is 2. The molecule has 0 saturated carbocycles. The molecule has 2 unspecified atom stereocenters. The predicted molar refractivity (Wildman–Crippen MR) is 90.9 cm³/mol. The van der Waals surface area contributed by atoms with Crippen LogP contribution < -0.4 is 10.6 Å². The third-order valence-electron chi connectivity index (χ3n) is 4.49. The van der Waals surface area contributed by atoms with E-state index in [9.17, 15) is 23.7 Å². The van der Waals surface area contributed by atoms with Crippen molar-refractivity contribution in [1.29, 1.82) is 0 Å². The fraction of sp³-hybridized carbons (Fsp3) is 0.278. The number of amides is 1.